The molecule has 0 saturated carbocycles. The van der Waals surface area contributed by atoms with E-state index in [9.17, 15) is 26.4 Å². The van der Waals surface area contributed by atoms with E-state index in [0.717, 1.165) is 18.2 Å². The van der Waals surface area contributed by atoms with Crippen LogP contribution in [0.4, 0.5) is 18.9 Å². The molecule has 1 aliphatic rings. The Morgan fingerprint density at radius 2 is 1.80 bits per heavy atom. The fourth-order valence-electron chi connectivity index (χ4n) is 3.03. The highest BCUT2D eigenvalue weighted by molar-refractivity contribution is 7.91. The van der Waals surface area contributed by atoms with E-state index in [1.807, 2.05) is 6.92 Å². The first-order valence-corrected chi connectivity index (χ1v) is 11.0. The van der Waals surface area contributed by atoms with Gasteiger partial charge in [-0.05, 0) is 55.8 Å². The minimum Gasteiger partial charge on any atom is -0.494 e. The lowest BCUT2D eigenvalue weighted by atomic mass is 10.1. The van der Waals surface area contributed by atoms with Gasteiger partial charge < -0.3 is 14.8 Å². The Bertz CT molecular complexity index is 1020. The van der Waals surface area contributed by atoms with E-state index >= 15 is 0 Å². The summed E-state index contributed by atoms with van der Waals surface area (Å²) in [5.74, 6) is -0.989. The number of rotatable bonds is 6. The van der Waals surface area contributed by atoms with Crippen molar-refractivity contribution in [1.82, 2.24) is 0 Å². The second-order valence-electron chi connectivity index (χ2n) is 6.80. The molecular formula is C20H20F3NO5S. The molecule has 6 nitrogen and oxygen atoms in total. The molecule has 1 aliphatic heterocycles. The molecule has 0 aliphatic carbocycles. The minimum atomic E-state index is -4.62. The quantitative estimate of drug-likeness (QED) is 0.721. The van der Waals surface area contributed by atoms with E-state index in [0.29, 0.717) is 18.1 Å². The first-order valence-electron chi connectivity index (χ1n) is 9.20. The van der Waals surface area contributed by atoms with E-state index in [-0.39, 0.29) is 29.4 Å². The van der Waals surface area contributed by atoms with Gasteiger partial charge in [-0.1, -0.05) is 0 Å². The Morgan fingerprint density at radius 1 is 1.13 bits per heavy atom. The normalized spacial score (nSPS) is 18.1. The number of sulfone groups is 1. The van der Waals surface area contributed by atoms with Gasteiger partial charge >= 0.3 is 6.18 Å². The molecule has 1 fully saturated rings. The highest BCUT2D eigenvalue weighted by atomic mass is 32.2. The van der Waals surface area contributed by atoms with E-state index in [1.165, 1.54) is 0 Å². The largest absolute Gasteiger partial charge is 0.494 e. The summed E-state index contributed by atoms with van der Waals surface area (Å²) in [6, 6.07) is 9.18. The fraction of sp³-hybridized carbons (Fsp3) is 0.350. The predicted octanol–water partition coefficient (Wildman–Crippen LogP) is 4.27. The number of benzene rings is 2. The molecule has 3 rings (SSSR count). The van der Waals surface area contributed by atoms with Crippen LogP contribution in [0.1, 0.15) is 18.9 Å². The van der Waals surface area contributed by atoms with E-state index in [2.05, 4.69) is 5.32 Å². The zero-order valence-corrected chi connectivity index (χ0v) is 16.8. The van der Waals surface area contributed by atoms with Crippen LogP contribution in [0.3, 0.4) is 0 Å². The fourth-order valence-corrected chi connectivity index (χ4v) is 4.77. The number of amides is 1. The molecule has 0 aromatic heterocycles. The summed E-state index contributed by atoms with van der Waals surface area (Å²) in [6.07, 6.45) is -4.49. The van der Waals surface area contributed by atoms with Gasteiger partial charge in [0, 0.05) is 0 Å². The van der Waals surface area contributed by atoms with Gasteiger partial charge in [-0.2, -0.15) is 13.2 Å². The van der Waals surface area contributed by atoms with Crippen LogP contribution in [0.25, 0.3) is 0 Å². The van der Waals surface area contributed by atoms with Crippen molar-refractivity contribution in [2.75, 3.05) is 23.4 Å². The molecule has 1 amide bonds. The van der Waals surface area contributed by atoms with Gasteiger partial charge in [-0.3, -0.25) is 4.79 Å². The van der Waals surface area contributed by atoms with Crippen molar-refractivity contribution < 1.29 is 35.9 Å². The second kappa shape index (κ2) is 8.55. The summed E-state index contributed by atoms with van der Waals surface area (Å²) >= 11 is 0. The van der Waals surface area contributed by atoms with Crippen molar-refractivity contribution >= 4 is 21.4 Å². The average molecular weight is 443 g/mol. The molecule has 162 valence electrons. The summed E-state index contributed by atoms with van der Waals surface area (Å²) in [4.78, 5) is 12.5. The number of alkyl halides is 3. The van der Waals surface area contributed by atoms with Gasteiger partial charge in [0.1, 0.15) is 11.5 Å². The van der Waals surface area contributed by atoms with Crippen molar-refractivity contribution in [3.8, 4) is 17.2 Å². The number of carbonyl (C=O) groups excluding carboxylic acids is 1. The molecule has 0 spiro atoms. The first-order chi connectivity index (χ1) is 14.1. The third-order valence-corrected chi connectivity index (χ3v) is 6.30. The van der Waals surface area contributed by atoms with Crippen LogP contribution in [0.15, 0.2) is 42.5 Å². The number of hydrogen-bond acceptors (Lipinski definition) is 5. The monoisotopic (exact) mass is 443 g/mol. The van der Waals surface area contributed by atoms with Crippen LogP contribution >= 0.6 is 0 Å². The average Bonchev–Trinajstić information content (AvgIpc) is 3.04. The number of halogens is 3. The molecule has 0 bridgehead atoms. The Balaban J connectivity index is 1.86. The van der Waals surface area contributed by atoms with Crippen molar-refractivity contribution in [3.63, 3.8) is 0 Å². The lowest BCUT2D eigenvalue weighted by Crippen LogP contribution is -2.24. The van der Waals surface area contributed by atoms with E-state index in [1.54, 1.807) is 24.3 Å². The van der Waals surface area contributed by atoms with Gasteiger partial charge in [0.15, 0.2) is 15.6 Å². The Morgan fingerprint density at radius 3 is 2.37 bits per heavy atom. The third-order valence-electron chi connectivity index (χ3n) is 4.53. The Labute approximate surface area is 171 Å². The van der Waals surface area contributed by atoms with Crippen molar-refractivity contribution in [2.24, 2.45) is 5.92 Å². The standard InChI is InChI=1S/C20H20F3NO5S/c1-2-28-15-4-6-16(7-5-15)29-18-8-3-14(20(21,22)23)11-17(18)24-19(25)13-9-10-30(26,27)12-13/h3-8,11,13H,2,9-10,12H2,1H3,(H,24,25)/t13-/m1/s1. The van der Waals surface area contributed by atoms with Gasteiger partial charge in [0.25, 0.3) is 0 Å². The van der Waals surface area contributed by atoms with Crippen molar-refractivity contribution in [2.45, 2.75) is 19.5 Å². The molecule has 2 aromatic carbocycles. The first kappa shape index (κ1) is 21.9. The summed E-state index contributed by atoms with van der Waals surface area (Å²) in [7, 11) is -3.32. The number of carbonyl (C=O) groups is 1. The maximum Gasteiger partial charge on any atom is 0.416 e. The van der Waals surface area contributed by atoms with Crippen LogP contribution in [0.5, 0.6) is 17.2 Å². The van der Waals surface area contributed by atoms with E-state index in [4.69, 9.17) is 9.47 Å². The summed E-state index contributed by atoms with van der Waals surface area (Å²) in [5.41, 5.74) is -1.15. The van der Waals surface area contributed by atoms with Crippen LogP contribution in [0.2, 0.25) is 0 Å². The maximum absolute atomic E-state index is 13.1. The Hall–Kier alpha value is -2.75. The van der Waals surface area contributed by atoms with Crippen LogP contribution in [0, 0.1) is 5.92 Å². The lowest BCUT2D eigenvalue weighted by molar-refractivity contribution is -0.137. The van der Waals surface area contributed by atoms with Gasteiger partial charge in [-0.25, -0.2) is 8.42 Å². The molecule has 2 aromatic rings. The highest BCUT2D eigenvalue weighted by Crippen LogP contribution is 2.37. The topological polar surface area (TPSA) is 81.7 Å². The number of nitrogens with one attached hydrogen (secondary N) is 1. The van der Waals surface area contributed by atoms with Crippen LogP contribution in [-0.2, 0) is 20.8 Å². The van der Waals surface area contributed by atoms with E-state index < -0.39 is 33.4 Å². The molecule has 1 atom stereocenters. The molecule has 10 heteroatoms. The molecule has 1 N–H and O–H groups in total. The van der Waals surface area contributed by atoms with Crippen molar-refractivity contribution in [3.05, 3.63) is 48.0 Å². The maximum atomic E-state index is 13.1. The van der Waals surface area contributed by atoms with Gasteiger partial charge in [0.2, 0.25) is 5.91 Å². The summed E-state index contributed by atoms with van der Waals surface area (Å²) in [6.45, 7) is 2.31. The molecule has 1 heterocycles. The smallest absolute Gasteiger partial charge is 0.416 e. The lowest BCUT2D eigenvalue weighted by Gasteiger charge is -2.17. The second-order valence-corrected chi connectivity index (χ2v) is 9.03. The molecular weight excluding hydrogens is 423 g/mol. The molecule has 30 heavy (non-hydrogen) atoms. The highest BCUT2D eigenvalue weighted by Gasteiger charge is 2.35. The molecule has 0 radical (unpaired) electrons. The van der Waals surface area contributed by atoms with Crippen LogP contribution < -0.4 is 14.8 Å². The molecule has 1 saturated heterocycles. The Kier molecular flexibility index (Phi) is 6.25. The zero-order chi connectivity index (χ0) is 21.9. The number of hydrogen-bond donors (Lipinski definition) is 1. The summed E-state index contributed by atoms with van der Waals surface area (Å²) in [5, 5.41) is 2.40. The zero-order valence-electron chi connectivity index (χ0n) is 16.0. The predicted molar refractivity (Wildman–Crippen MR) is 105 cm³/mol. The molecule has 0 unspecified atom stereocenters. The number of anilines is 1. The van der Waals surface area contributed by atoms with Crippen LogP contribution in [-0.4, -0.2) is 32.4 Å². The minimum absolute atomic E-state index is 0.00126. The number of ether oxygens (including phenoxy) is 2. The van der Waals surface area contributed by atoms with Gasteiger partial charge in [-0.15, -0.1) is 0 Å². The SMILES string of the molecule is CCOc1ccc(Oc2ccc(C(F)(F)F)cc2NC(=O)[C@@H]2CCS(=O)(=O)C2)cc1. The third kappa shape index (κ3) is 5.44. The van der Waals surface area contributed by atoms with Gasteiger partial charge in [0.05, 0.1) is 35.3 Å². The summed E-state index contributed by atoms with van der Waals surface area (Å²) < 4.78 is 73.6. The van der Waals surface area contributed by atoms with Crippen molar-refractivity contribution in [1.29, 1.82) is 0 Å².